The first-order valence-corrected chi connectivity index (χ1v) is 6.61. The Kier molecular flexibility index (Phi) is 4.53. The van der Waals surface area contributed by atoms with E-state index in [4.69, 9.17) is 4.74 Å². The van der Waals surface area contributed by atoms with Crippen LogP contribution < -0.4 is 4.74 Å². The first kappa shape index (κ1) is 14.3. The molecule has 0 saturated heterocycles. The van der Waals surface area contributed by atoms with Gasteiger partial charge < -0.3 is 4.74 Å². The SMILES string of the molecule is CC(Oc1ccc(C(=O)c2ccccc2)cc1)N(C)C. The smallest absolute Gasteiger partial charge is 0.193 e. The van der Waals surface area contributed by atoms with Crippen LogP contribution in [0.15, 0.2) is 54.6 Å². The maximum absolute atomic E-state index is 12.2. The van der Waals surface area contributed by atoms with Crippen LogP contribution >= 0.6 is 0 Å². The topological polar surface area (TPSA) is 29.5 Å². The van der Waals surface area contributed by atoms with E-state index in [2.05, 4.69) is 0 Å². The van der Waals surface area contributed by atoms with Gasteiger partial charge in [-0.2, -0.15) is 0 Å². The van der Waals surface area contributed by atoms with Gasteiger partial charge >= 0.3 is 0 Å². The summed E-state index contributed by atoms with van der Waals surface area (Å²) in [6, 6.07) is 16.5. The molecule has 0 aliphatic heterocycles. The third-order valence-electron chi connectivity index (χ3n) is 3.19. The molecule has 0 saturated carbocycles. The van der Waals surface area contributed by atoms with Gasteiger partial charge in [-0.15, -0.1) is 0 Å². The number of carbonyl (C=O) groups excluding carboxylic acids is 1. The number of ketones is 1. The molecule has 2 rings (SSSR count). The fraction of sp³-hybridized carbons (Fsp3) is 0.235. The van der Waals surface area contributed by atoms with Gasteiger partial charge in [-0.25, -0.2) is 0 Å². The number of benzene rings is 2. The van der Waals surface area contributed by atoms with Crippen LogP contribution in [0.4, 0.5) is 0 Å². The Hall–Kier alpha value is -2.13. The minimum absolute atomic E-state index is 0.00863. The van der Waals surface area contributed by atoms with Crippen LogP contribution in [0, 0.1) is 0 Å². The molecule has 0 N–H and O–H groups in total. The Bertz CT molecular complexity index is 561. The zero-order valence-corrected chi connectivity index (χ0v) is 12.0. The van der Waals surface area contributed by atoms with Crippen molar-refractivity contribution in [2.24, 2.45) is 0 Å². The molecule has 0 aliphatic rings. The van der Waals surface area contributed by atoms with Crippen LogP contribution in [0.5, 0.6) is 5.75 Å². The van der Waals surface area contributed by atoms with Crippen LogP contribution in [-0.4, -0.2) is 31.0 Å². The standard InChI is InChI=1S/C17H19NO2/c1-13(18(2)3)20-16-11-9-15(10-12-16)17(19)14-7-5-4-6-8-14/h4-13H,1-3H3. The molecule has 0 aromatic heterocycles. The Labute approximate surface area is 119 Å². The quantitative estimate of drug-likeness (QED) is 0.616. The van der Waals surface area contributed by atoms with Crippen LogP contribution in [0.3, 0.4) is 0 Å². The highest BCUT2D eigenvalue weighted by Crippen LogP contribution is 2.17. The Balaban J connectivity index is 2.11. The van der Waals surface area contributed by atoms with E-state index >= 15 is 0 Å². The third-order valence-corrected chi connectivity index (χ3v) is 3.19. The summed E-state index contributed by atoms with van der Waals surface area (Å²) >= 11 is 0. The van der Waals surface area contributed by atoms with Gasteiger partial charge in [-0.05, 0) is 45.3 Å². The van der Waals surface area contributed by atoms with Crippen molar-refractivity contribution >= 4 is 5.78 Å². The summed E-state index contributed by atoms with van der Waals surface area (Å²) in [7, 11) is 3.91. The van der Waals surface area contributed by atoms with Crippen molar-refractivity contribution < 1.29 is 9.53 Å². The molecule has 0 fully saturated rings. The summed E-state index contributed by atoms with van der Waals surface area (Å²) in [5.74, 6) is 0.786. The van der Waals surface area contributed by atoms with Crippen molar-refractivity contribution in [3.05, 3.63) is 65.7 Å². The van der Waals surface area contributed by atoms with Crippen molar-refractivity contribution in [3.8, 4) is 5.75 Å². The highest BCUT2D eigenvalue weighted by atomic mass is 16.5. The Morgan fingerprint density at radius 2 is 1.50 bits per heavy atom. The lowest BCUT2D eigenvalue weighted by Crippen LogP contribution is -2.30. The van der Waals surface area contributed by atoms with E-state index in [-0.39, 0.29) is 12.0 Å². The van der Waals surface area contributed by atoms with Crippen molar-refractivity contribution in [2.75, 3.05) is 14.1 Å². The molecule has 0 spiro atoms. The van der Waals surface area contributed by atoms with Crippen LogP contribution in [0.25, 0.3) is 0 Å². The number of nitrogens with zero attached hydrogens (tertiary/aromatic N) is 1. The molecule has 0 heterocycles. The van der Waals surface area contributed by atoms with Gasteiger partial charge in [0.1, 0.15) is 12.0 Å². The van der Waals surface area contributed by atoms with E-state index in [1.807, 2.05) is 68.4 Å². The highest BCUT2D eigenvalue weighted by molar-refractivity contribution is 6.08. The molecular formula is C17H19NO2. The second-order valence-corrected chi connectivity index (χ2v) is 4.90. The average molecular weight is 269 g/mol. The molecule has 2 aromatic carbocycles. The van der Waals surface area contributed by atoms with Gasteiger partial charge in [0, 0.05) is 11.1 Å². The van der Waals surface area contributed by atoms with Gasteiger partial charge in [0.2, 0.25) is 0 Å². The van der Waals surface area contributed by atoms with Gasteiger partial charge in [0.25, 0.3) is 0 Å². The minimum Gasteiger partial charge on any atom is -0.475 e. The first-order chi connectivity index (χ1) is 9.58. The fourth-order valence-corrected chi connectivity index (χ4v) is 1.74. The first-order valence-electron chi connectivity index (χ1n) is 6.61. The maximum atomic E-state index is 12.2. The van der Waals surface area contributed by atoms with Crippen molar-refractivity contribution in [1.82, 2.24) is 4.90 Å². The van der Waals surface area contributed by atoms with E-state index in [0.717, 1.165) is 5.75 Å². The molecule has 0 amide bonds. The molecule has 0 radical (unpaired) electrons. The zero-order chi connectivity index (χ0) is 14.5. The highest BCUT2D eigenvalue weighted by Gasteiger charge is 2.10. The van der Waals surface area contributed by atoms with Gasteiger partial charge in [-0.3, -0.25) is 9.69 Å². The van der Waals surface area contributed by atoms with Crippen LogP contribution in [-0.2, 0) is 0 Å². The zero-order valence-electron chi connectivity index (χ0n) is 12.0. The van der Waals surface area contributed by atoms with E-state index in [1.54, 1.807) is 12.1 Å². The average Bonchev–Trinajstić information content (AvgIpc) is 2.48. The lowest BCUT2D eigenvalue weighted by molar-refractivity contribution is 0.0815. The number of hydrogen-bond donors (Lipinski definition) is 0. The molecule has 2 aromatic rings. The normalized spacial score (nSPS) is 12.2. The number of rotatable bonds is 5. The molecule has 0 aliphatic carbocycles. The predicted molar refractivity (Wildman–Crippen MR) is 80.1 cm³/mol. The van der Waals surface area contributed by atoms with Gasteiger partial charge in [0.05, 0.1) is 0 Å². The molecule has 0 bridgehead atoms. The van der Waals surface area contributed by atoms with Crippen molar-refractivity contribution in [3.63, 3.8) is 0 Å². The lowest BCUT2D eigenvalue weighted by Gasteiger charge is -2.21. The van der Waals surface area contributed by atoms with Gasteiger partial charge in [0.15, 0.2) is 5.78 Å². The summed E-state index contributed by atoms with van der Waals surface area (Å²) in [6.45, 7) is 1.98. The molecular weight excluding hydrogens is 250 g/mol. The second-order valence-electron chi connectivity index (χ2n) is 4.90. The number of carbonyl (C=O) groups is 1. The molecule has 3 nitrogen and oxygen atoms in total. The second kappa shape index (κ2) is 6.35. The predicted octanol–water partition coefficient (Wildman–Crippen LogP) is 3.20. The molecule has 1 atom stereocenters. The molecule has 3 heteroatoms. The van der Waals surface area contributed by atoms with Crippen molar-refractivity contribution in [1.29, 1.82) is 0 Å². The largest absolute Gasteiger partial charge is 0.475 e. The number of hydrogen-bond acceptors (Lipinski definition) is 3. The van der Waals surface area contributed by atoms with Crippen molar-refractivity contribution in [2.45, 2.75) is 13.2 Å². The molecule has 104 valence electrons. The Morgan fingerprint density at radius 1 is 0.950 bits per heavy atom. The van der Waals surface area contributed by atoms with E-state index in [9.17, 15) is 4.79 Å². The van der Waals surface area contributed by atoms with E-state index in [1.165, 1.54) is 0 Å². The van der Waals surface area contributed by atoms with Crippen LogP contribution in [0.2, 0.25) is 0 Å². The number of ether oxygens (including phenoxy) is 1. The Morgan fingerprint density at radius 3 is 2.05 bits per heavy atom. The summed E-state index contributed by atoms with van der Waals surface area (Å²) in [4.78, 5) is 14.2. The summed E-state index contributed by atoms with van der Waals surface area (Å²) < 4.78 is 5.73. The molecule has 1 unspecified atom stereocenters. The lowest BCUT2D eigenvalue weighted by atomic mass is 10.0. The summed E-state index contributed by atoms with van der Waals surface area (Å²) in [6.07, 6.45) is -0.00863. The van der Waals surface area contributed by atoms with E-state index < -0.39 is 0 Å². The van der Waals surface area contributed by atoms with E-state index in [0.29, 0.717) is 11.1 Å². The summed E-state index contributed by atoms with van der Waals surface area (Å²) in [5, 5.41) is 0. The fourth-order valence-electron chi connectivity index (χ4n) is 1.74. The molecule has 20 heavy (non-hydrogen) atoms. The van der Waals surface area contributed by atoms with Gasteiger partial charge in [-0.1, -0.05) is 30.3 Å². The minimum atomic E-state index is -0.00863. The monoisotopic (exact) mass is 269 g/mol. The maximum Gasteiger partial charge on any atom is 0.193 e. The van der Waals surface area contributed by atoms with Crippen LogP contribution in [0.1, 0.15) is 22.8 Å². The third kappa shape index (κ3) is 3.45. The summed E-state index contributed by atoms with van der Waals surface area (Å²) in [5.41, 5.74) is 1.36.